The number of anilines is 1. The van der Waals surface area contributed by atoms with Gasteiger partial charge in [-0.05, 0) is 64.1 Å². The summed E-state index contributed by atoms with van der Waals surface area (Å²) < 4.78 is 17.7. The van der Waals surface area contributed by atoms with Gasteiger partial charge in [0.05, 0.1) is 11.9 Å². The van der Waals surface area contributed by atoms with Crippen molar-refractivity contribution >= 4 is 57.8 Å². The zero-order valence-electron chi connectivity index (χ0n) is 18.1. The molecule has 0 aliphatic carbocycles. The molecular formula is C19H25IN4O7. The fraction of sp³-hybridized carbons (Fsp3) is 0.526. The summed E-state index contributed by atoms with van der Waals surface area (Å²) >= 11 is 1.99. The summed E-state index contributed by atoms with van der Waals surface area (Å²) in [6.45, 7) is 10.3. The number of ether oxygens (including phenoxy) is 3. The molecule has 1 N–H and O–H groups in total. The molecule has 0 radical (unpaired) electrons. The van der Waals surface area contributed by atoms with Gasteiger partial charge in [0.15, 0.2) is 5.82 Å². The quantitative estimate of drug-likeness (QED) is 0.436. The number of aromatic nitrogens is 3. The van der Waals surface area contributed by atoms with E-state index in [4.69, 9.17) is 14.2 Å². The molecule has 0 aliphatic heterocycles. The van der Waals surface area contributed by atoms with Gasteiger partial charge in [-0.25, -0.2) is 24.4 Å². The number of carboxylic acid groups (broad SMARTS) is 1. The van der Waals surface area contributed by atoms with Crippen LogP contribution in [0.15, 0.2) is 12.5 Å². The molecule has 2 heterocycles. The Hall–Kier alpha value is -2.64. The third-order valence-electron chi connectivity index (χ3n) is 3.51. The Morgan fingerprint density at radius 2 is 1.71 bits per heavy atom. The number of nitrogens with zero attached hydrogens (tertiary/aromatic N) is 4. The van der Waals surface area contributed by atoms with Gasteiger partial charge in [-0.15, -0.1) is 0 Å². The molecule has 170 valence electrons. The average Bonchev–Trinajstić information content (AvgIpc) is 2.88. The van der Waals surface area contributed by atoms with Crippen molar-refractivity contribution in [2.24, 2.45) is 0 Å². The molecule has 11 nitrogen and oxygen atoms in total. The predicted molar refractivity (Wildman–Crippen MR) is 119 cm³/mol. The lowest BCUT2D eigenvalue weighted by atomic mass is 10.2. The van der Waals surface area contributed by atoms with Crippen LogP contribution in [-0.4, -0.2) is 55.8 Å². The fourth-order valence-electron chi connectivity index (χ4n) is 2.47. The molecule has 0 saturated carbocycles. The molecule has 0 fully saturated rings. The second-order valence-electron chi connectivity index (χ2n) is 8.48. The standard InChI is InChI=1S/C19H25IN4O7/c1-18(2,3)30-16(27)24(15(25)26)14-12-11(20)9-23(13(12)21-10-22-14)7-8-29-17(28)31-19(4,5)6/h9-10H,7-8H2,1-6H3,(H,25,26). The van der Waals surface area contributed by atoms with Crippen LogP contribution in [0.2, 0.25) is 0 Å². The first-order valence-electron chi connectivity index (χ1n) is 9.31. The summed E-state index contributed by atoms with van der Waals surface area (Å²) in [5.41, 5.74) is -1.19. The van der Waals surface area contributed by atoms with Gasteiger partial charge >= 0.3 is 18.3 Å². The van der Waals surface area contributed by atoms with Crippen LogP contribution in [0.1, 0.15) is 41.5 Å². The van der Waals surface area contributed by atoms with E-state index in [1.807, 2.05) is 22.6 Å². The maximum absolute atomic E-state index is 12.5. The van der Waals surface area contributed by atoms with Crippen LogP contribution in [0.3, 0.4) is 0 Å². The minimum absolute atomic E-state index is 0.00280. The molecule has 2 aromatic rings. The van der Waals surface area contributed by atoms with Gasteiger partial charge in [0, 0.05) is 9.77 Å². The van der Waals surface area contributed by atoms with Crippen LogP contribution >= 0.6 is 22.6 Å². The van der Waals surface area contributed by atoms with Crippen molar-refractivity contribution in [3.63, 3.8) is 0 Å². The number of rotatable bonds is 4. The van der Waals surface area contributed by atoms with Crippen molar-refractivity contribution in [3.8, 4) is 0 Å². The molecule has 2 amide bonds. The Morgan fingerprint density at radius 3 is 2.26 bits per heavy atom. The lowest BCUT2D eigenvalue weighted by molar-refractivity contribution is -0.00825. The maximum Gasteiger partial charge on any atom is 0.508 e. The molecule has 0 atom stereocenters. The largest absolute Gasteiger partial charge is 0.508 e. The van der Waals surface area contributed by atoms with Gasteiger partial charge in [0.25, 0.3) is 0 Å². The van der Waals surface area contributed by atoms with Crippen LogP contribution < -0.4 is 4.90 Å². The fourth-order valence-corrected chi connectivity index (χ4v) is 3.29. The molecule has 0 aliphatic rings. The lowest BCUT2D eigenvalue weighted by Crippen LogP contribution is -2.40. The van der Waals surface area contributed by atoms with E-state index in [0.29, 0.717) is 19.5 Å². The number of hydrogen-bond acceptors (Lipinski definition) is 8. The molecule has 31 heavy (non-hydrogen) atoms. The third kappa shape index (κ3) is 6.67. The highest BCUT2D eigenvalue weighted by Gasteiger charge is 2.32. The predicted octanol–water partition coefficient (Wildman–Crippen LogP) is 4.41. The molecule has 0 saturated heterocycles. The molecule has 0 bridgehead atoms. The van der Waals surface area contributed by atoms with Crippen LogP contribution in [0, 0.1) is 3.57 Å². The first-order valence-corrected chi connectivity index (χ1v) is 10.4. The first-order chi connectivity index (χ1) is 14.2. The summed E-state index contributed by atoms with van der Waals surface area (Å²) in [5, 5.41) is 9.99. The van der Waals surface area contributed by atoms with E-state index >= 15 is 0 Å². The van der Waals surface area contributed by atoms with E-state index in [9.17, 15) is 19.5 Å². The Labute approximate surface area is 192 Å². The van der Waals surface area contributed by atoms with Crippen molar-refractivity contribution in [1.29, 1.82) is 0 Å². The molecule has 2 aromatic heterocycles. The van der Waals surface area contributed by atoms with Crippen molar-refractivity contribution in [2.75, 3.05) is 11.5 Å². The monoisotopic (exact) mass is 548 g/mol. The number of carbonyl (C=O) groups excluding carboxylic acids is 2. The van der Waals surface area contributed by atoms with Gasteiger partial charge < -0.3 is 23.9 Å². The second kappa shape index (κ2) is 9.24. The van der Waals surface area contributed by atoms with Crippen LogP contribution in [0.5, 0.6) is 0 Å². The molecule has 0 unspecified atom stereocenters. The highest BCUT2D eigenvalue weighted by Crippen LogP contribution is 2.30. The minimum Gasteiger partial charge on any atom is -0.464 e. The van der Waals surface area contributed by atoms with Crippen molar-refractivity contribution < 1.29 is 33.7 Å². The second-order valence-corrected chi connectivity index (χ2v) is 9.64. The number of hydrogen-bond donors (Lipinski definition) is 1. The van der Waals surface area contributed by atoms with E-state index in [1.165, 1.54) is 0 Å². The van der Waals surface area contributed by atoms with E-state index in [1.54, 1.807) is 52.3 Å². The number of amides is 2. The van der Waals surface area contributed by atoms with Gasteiger partial charge in [0.1, 0.15) is 29.8 Å². The summed E-state index contributed by atoms with van der Waals surface area (Å²) in [4.78, 5) is 44.7. The molecular weight excluding hydrogens is 523 g/mol. The Morgan fingerprint density at radius 1 is 1.10 bits per heavy atom. The highest BCUT2D eigenvalue weighted by atomic mass is 127. The van der Waals surface area contributed by atoms with Crippen molar-refractivity contribution in [2.45, 2.75) is 59.3 Å². The van der Waals surface area contributed by atoms with Crippen LogP contribution in [0.25, 0.3) is 11.0 Å². The lowest BCUT2D eigenvalue weighted by Gasteiger charge is -2.24. The maximum atomic E-state index is 12.5. The zero-order valence-corrected chi connectivity index (χ0v) is 20.3. The number of halogens is 1. The van der Waals surface area contributed by atoms with Gasteiger partial charge in [-0.3, -0.25) is 0 Å². The summed E-state index contributed by atoms with van der Waals surface area (Å²) in [7, 11) is 0. The van der Waals surface area contributed by atoms with Crippen molar-refractivity contribution in [3.05, 3.63) is 16.1 Å². The number of imide groups is 1. The highest BCUT2D eigenvalue weighted by molar-refractivity contribution is 14.1. The Kier molecular flexibility index (Phi) is 7.34. The molecule has 0 spiro atoms. The van der Waals surface area contributed by atoms with E-state index in [-0.39, 0.29) is 19.0 Å². The summed E-state index contributed by atoms with van der Waals surface area (Å²) in [5.74, 6) is -0.122. The van der Waals surface area contributed by atoms with Crippen LogP contribution in [0.4, 0.5) is 20.2 Å². The van der Waals surface area contributed by atoms with E-state index < -0.39 is 29.5 Å². The smallest absolute Gasteiger partial charge is 0.464 e. The molecule has 0 aromatic carbocycles. The average molecular weight is 548 g/mol. The Balaban J connectivity index is 2.31. The number of carbonyl (C=O) groups is 3. The SMILES string of the molecule is CC(C)(C)OC(=O)OCCn1cc(I)c2c(N(C(=O)O)C(=O)OC(C)(C)C)ncnc21. The molecule has 2 rings (SSSR count). The van der Waals surface area contributed by atoms with Crippen LogP contribution in [-0.2, 0) is 20.8 Å². The van der Waals surface area contributed by atoms with Crippen molar-refractivity contribution in [1.82, 2.24) is 14.5 Å². The first kappa shape index (κ1) is 24.6. The van der Waals surface area contributed by atoms with Gasteiger partial charge in [-0.2, -0.15) is 4.90 Å². The zero-order chi connectivity index (χ0) is 23.6. The normalized spacial score (nSPS) is 11.8. The van der Waals surface area contributed by atoms with E-state index in [0.717, 1.165) is 6.33 Å². The minimum atomic E-state index is -1.54. The van der Waals surface area contributed by atoms with Gasteiger partial charge in [0.2, 0.25) is 0 Å². The topological polar surface area (TPSA) is 133 Å². The summed E-state index contributed by atoms with van der Waals surface area (Å²) in [6.07, 6.45) is -0.560. The molecule has 12 heteroatoms. The third-order valence-corrected chi connectivity index (χ3v) is 4.33. The number of fused-ring (bicyclic) bond motifs is 1. The van der Waals surface area contributed by atoms with E-state index in [2.05, 4.69) is 9.97 Å². The van der Waals surface area contributed by atoms with Gasteiger partial charge in [-0.1, -0.05) is 0 Å². The Bertz CT molecular complexity index is 992. The summed E-state index contributed by atoms with van der Waals surface area (Å²) in [6, 6.07) is 0.